The van der Waals surface area contributed by atoms with Crippen LogP contribution >= 0.6 is 34.9 Å². The number of hydrogen-bond acceptors (Lipinski definition) is 5. The number of nitrogens with two attached hydrogens (primary N) is 1. The van der Waals surface area contributed by atoms with Gasteiger partial charge in [-0.05, 0) is 23.7 Å². The van der Waals surface area contributed by atoms with Crippen molar-refractivity contribution >= 4 is 40.6 Å². The van der Waals surface area contributed by atoms with Crippen LogP contribution in [-0.2, 0) is 5.75 Å². The second-order valence-electron chi connectivity index (χ2n) is 2.80. The molecule has 0 saturated carbocycles. The summed E-state index contributed by atoms with van der Waals surface area (Å²) in [6.07, 6.45) is 1.54. The third-order valence-corrected chi connectivity index (χ3v) is 4.01. The van der Waals surface area contributed by atoms with Gasteiger partial charge in [-0.1, -0.05) is 29.4 Å². The summed E-state index contributed by atoms with van der Waals surface area (Å²) in [7, 11) is 0. The van der Waals surface area contributed by atoms with E-state index in [1.54, 1.807) is 18.1 Å². The van der Waals surface area contributed by atoms with E-state index in [0.717, 1.165) is 21.3 Å². The van der Waals surface area contributed by atoms with Crippen LogP contribution < -0.4 is 5.73 Å². The maximum atomic E-state index is 6.04. The minimum atomic E-state index is 0.701. The van der Waals surface area contributed by atoms with Gasteiger partial charge in [0.05, 0.1) is 0 Å². The highest BCUT2D eigenvalue weighted by molar-refractivity contribution is 8.00. The number of hydrogen-bond donors (Lipinski definition) is 1. The molecule has 0 aliphatic rings. The lowest BCUT2D eigenvalue weighted by Gasteiger charge is -2.05. The first-order valence-electron chi connectivity index (χ1n) is 4.19. The zero-order valence-corrected chi connectivity index (χ0v) is 10.1. The van der Waals surface area contributed by atoms with Crippen LogP contribution in [-0.4, -0.2) is 9.36 Å². The Morgan fingerprint density at radius 3 is 3.00 bits per heavy atom. The number of halogens is 1. The van der Waals surface area contributed by atoms with Gasteiger partial charge in [-0.15, -0.1) is 0 Å². The lowest BCUT2D eigenvalue weighted by molar-refractivity contribution is 1.21. The summed E-state index contributed by atoms with van der Waals surface area (Å²) in [5, 5.41) is 0.701. The number of nitrogen functional groups attached to an aromatic ring is 1. The molecule has 0 saturated heterocycles. The first kappa shape index (κ1) is 10.7. The van der Waals surface area contributed by atoms with E-state index >= 15 is 0 Å². The topological polar surface area (TPSA) is 51.8 Å². The minimum Gasteiger partial charge on any atom is -0.398 e. The Hall–Kier alpha value is -0.780. The molecule has 0 unspecified atom stereocenters. The molecule has 78 valence electrons. The van der Waals surface area contributed by atoms with Crippen LogP contribution in [0.25, 0.3) is 0 Å². The zero-order chi connectivity index (χ0) is 10.7. The van der Waals surface area contributed by atoms with E-state index in [2.05, 4.69) is 9.36 Å². The van der Waals surface area contributed by atoms with E-state index in [1.807, 2.05) is 18.2 Å². The van der Waals surface area contributed by atoms with Crippen molar-refractivity contribution in [2.75, 3.05) is 5.73 Å². The Kier molecular flexibility index (Phi) is 3.45. The normalized spacial score (nSPS) is 10.5. The van der Waals surface area contributed by atoms with Gasteiger partial charge in [-0.3, -0.25) is 0 Å². The van der Waals surface area contributed by atoms with E-state index in [0.29, 0.717) is 5.02 Å². The monoisotopic (exact) mass is 257 g/mol. The van der Waals surface area contributed by atoms with Crippen LogP contribution in [0.2, 0.25) is 5.02 Å². The second kappa shape index (κ2) is 4.83. The number of anilines is 1. The molecule has 0 aliphatic heterocycles. The summed E-state index contributed by atoms with van der Waals surface area (Å²) >= 11 is 9.00. The van der Waals surface area contributed by atoms with E-state index < -0.39 is 0 Å². The van der Waals surface area contributed by atoms with Gasteiger partial charge >= 0.3 is 0 Å². The summed E-state index contributed by atoms with van der Waals surface area (Å²) in [4.78, 5) is 4.08. The SMILES string of the molecule is Nc1cccc(Cl)c1CSc1ncns1. The molecule has 0 spiro atoms. The van der Waals surface area contributed by atoms with Gasteiger partial charge in [0, 0.05) is 22.0 Å². The maximum Gasteiger partial charge on any atom is 0.170 e. The average molecular weight is 258 g/mol. The van der Waals surface area contributed by atoms with Gasteiger partial charge in [0.1, 0.15) is 6.33 Å². The molecule has 6 heteroatoms. The zero-order valence-electron chi connectivity index (χ0n) is 7.68. The summed E-state index contributed by atoms with van der Waals surface area (Å²) in [6, 6.07) is 5.53. The summed E-state index contributed by atoms with van der Waals surface area (Å²) in [5.74, 6) is 0.723. The number of thioether (sulfide) groups is 1. The third kappa shape index (κ3) is 2.62. The lowest BCUT2D eigenvalue weighted by atomic mass is 10.2. The number of nitrogens with zero attached hydrogens (tertiary/aromatic N) is 2. The predicted molar refractivity (Wildman–Crippen MR) is 65.3 cm³/mol. The largest absolute Gasteiger partial charge is 0.398 e. The molecule has 1 aromatic heterocycles. The van der Waals surface area contributed by atoms with Crippen molar-refractivity contribution in [3.05, 3.63) is 35.1 Å². The second-order valence-corrected chi connectivity index (χ2v) is 5.21. The van der Waals surface area contributed by atoms with Crippen LogP contribution in [0.1, 0.15) is 5.56 Å². The summed E-state index contributed by atoms with van der Waals surface area (Å²) < 4.78 is 4.85. The van der Waals surface area contributed by atoms with E-state index in [4.69, 9.17) is 17.3 Å². The van der Waals surface area contributed by atoms with Crippen LogP contribution in [0, 0.1) is 0 Å². The number of aromatic nitrogens is 2. The highest BCUT2D eigenvalue weighted by Crippen LogP contribution is 2.30. The molecular weight excluding hydrogens is 250 g/mol. The van der Waals surface area contributed by atoms with Crippen molar-refractivity contribution in [3.8, 4) is 0 Å². The molecule has 0 radical (unpaired) electrons. The Bertz CT molecular complexity index is 424. The van der Waals surface area contributed by atoms with Gasteiger partial charge in [-0.25, -0.2) is 4.98 Å². The Morgan fingerprint density at radius 1 is 1.47 bits per heavy atom. The first-order valence-corrected chi connectivity index (χ1v) is 6.33. The van der Waals surface area contributed by atoms with Gasteiger partial charge in [0.25, 0.3) is 0 Å². The molecule has 0 fully saturated rings. The van der Waals surface area contributed by atoms with Crippen molar-refractivity contribution in [3.63, 3.8) is 0 Å². The molecule has 1 aromatic carbocycles. The fourth-order valence-electron chi connectivity index (χ4n) is 1.09. The van der Waals surface area contributed by atoms with E-state index in [1.165, 1.54) is 11.5 Å². The highest BCUT2D eigenvalue weighted by Gasteiger charge is 2.06. The van der Waals surface area contributed by atoms with Gasteiger partial charge < -0.3 is 5.73 Å². The first-order chi connectivity index (χ1) is 7.27. The molecule has 0 atom stereocenters. The third-order valence-electron chi connectivity index (χ3n) is 1.84. The smallest absolute Gasteiger partial charge is 0.170 e. The lowest BCUT2D eigenvalue weighted by Crippen LogP contribution is -1.93. The summed E-state index contributed by atoms with van der Waals surface area (Å²) in [5.41, 5.74) is 7.51. The van der Waals surface area contributed by atoms with Crippen LogP contribution in [0.15, 0.2) is 28.9 Å². The van der Waals surface area contributed by atoms with Crippen molar-refractivity contribution in [1.29, 1.82) is 0 Å². The molecule has 0 bridgehead atoms. The molecular formula is C9H8ClN3S2. The molecule has 2 rings (SSSR count). The van der Waals surface area contributed by atoms with Crippen molar-refractivity contribution in [2.45, 2.75) is 10.1 Å². The Labute approximate surface area is 101 Å². The van der Waals surface area contributed by atoms with Crippen LogP contribution in [0.5, 0.6) is 0 Å². The number of rotatable bonds is 3. The average Bonchev–Trinajstić information content (AvgIpc) is 2.70. The van der Waals surface area contributed by atoms with Crippen LogP contribution in [0.3, 0.4) is 0 Å². The van der Waals surface area contributed by atoms with Crippen LogP contribution in [0.4, 0.5) is 5.69 Å². The number of benzene rings is 1. The molecule has 0 amide bonds. The highest BCUT2D eigenvalue weighted by atomic mass is 35.5. The Balaban J connectivity index is 2.11. The maximum absolute atomic E-state index is 6.04. The molecule has 1 heterocycles. The summed E-state index contributed by atoms with van der Waals surface area (Å²) in [6.45, 7) is 0. The quantitative estimate of drug-likeness (QED) is 0.678. The fourth-order valence-corrected chi connectivity index (χ4v) is 2.92. The predicted octanol–water partition coefficient (Wildman–Crippen LogP) is 3.07. The van der Waals surface area contributed by atoms with E-state index in [-0.39, 0.29) is 0 Å². The molecule has 15 heavy (non-hydrogen) atoms. The van der Waals surface area contributed by atoms with Crippen molar-refractivity contribution < 1.29 is 0 Å². The molecule has 3 nitrogen and oxygen atoms in total. The minimum absolute atomic E-state index is 0.701. The molecule has 0 aliphatic carbocycles. The van der Waals surface area contributed by atoms with Crippen molar-refractivity contribution in [2.24, 2.45) is 0 Å². The van der Waals surface area contributed by atoms with Crippen molar-refractivity contribution in [1.82, 2.24) is 9.36 Å². The van der Waals surface area contributed by atoms with Gasteiger partial charge in [-0.2, -0.15) is 4.37 Å². The Morgan fingerprint density at radius 2 is 2.33 bits per heavy atom. The van der Waals surface area contributed by atoms with Gasteiger partial charge in [0.15, 0.2) is 4.34 Å². The standard InChI is InChI=1S/C9H8ClN3S2/c10-7-2-1-3-8(11)6(7)4-14-9-12-5-13-15-9/h1-3,5H,4,11H2. The molecule has 2 aromatic rings. The van der Waals surface area contributed by atoms with Gasteiger partial charge in [0.2, 0.25) is 0 Å². The molecule has 2 N–H and O–H groups in total. The van der Waals surface area contributed by atoms with E-state index in [9.17, 15) is 0 Å². The fraction of sp³-hybridized carbons (Fsp3) is 0.111.